The molecule has 0 radical (unpaired) electrons. The van der Waals surface area contributed by atoms with Gasteiger partial charge in [0.15, 0.2) is 5.03 Å². The van der Waals surface area contributed by atoms with Gasteiger partial charge in [-0.25, -0.2) is 8.42 Å². The molecule has 128 valence electrons. The SMILES string of the molecule is [N-]=[N+]=NCCCCc1ccc2[nH]nc(S(=O)(=O)c3ccccc3)c2c1. The summed E-state index contributed by atoms with van der Waals surface area (Å²) < 4.78 is 25.6. The molecule has 1 N–H and O–H groups in total. The van der Waals surface area contributed by atoms with Crippen LogP contribution in [0.3, 0.4) is 0 Å². The van der Waals surface area contributed by atoms with Crippen molar-refractivity contribution in [2.24, 2.45) is 5.11 Å². The first-order valence-corrected chi connectivity index (χ1v) is 9.39. The van der Waals surface area contributed by atoms with E-state index < -0.39 is 9.84 Å². The quantitative estimate of drug-likeness (QED) is 0.299. The monoisotopic (exact) mass is 355 g/mol. The Bertz CT molecular complexity index is 1020. The van der Waals surface area contributed by atoms with Crippen LogP contribution in [-0.2, 0) is 16.3 Å². The molecule has 1 aromatic heterocycles. The summed E-state index contributed by atoms with van der Waals surface area (Å²) in [7, 11) is -3.67. The summed E-state index contributed by atoms with van der Waals surface area (Å²) in [6.07, 6.45) is 2.44. The van der Waals surface area contributed by atoms with Crippen molar-refractivity contribution in [1.29, 1.82) is 0 Å². The van der Waals surface area contributed by atoms with E-state index >= 15 is 0 Å². The Labute approximate surface area is 145 Å². The number of unbranched alkanes of at least 4 members (excludes halogenated alkanes) is 1. The van der Waals surface area contributed by atoms with Gasteiger partial charge in [-0.15, -0.1) is 0 Å². The van der Waals surface area contributed by atoms with Crippen LogP contribution in [0.5, 0.6) is 0 Å². The number of H-pyrrole nitrogens is 1. The van der Waals surface area contributed by atoms with E-state index in [0.717, 1.165) is 24.8 Å². The summed E-state index contributed by atoms with van der Waals surface area (Å²) in [5.41, 5.74) is 9.98. The van der Waals surface area contributed by atoms with Gasteiger partial charge in [-0.1, -0.05) is 29.4 Å². The molecule has 1 heterocycles. The Morgan fingerprint density at radius 3 is 2.68 bits per heavy atom. The number of sulfone groups is 1. The second-order valence-electron chi connectivity index (χ2n) is 5.64. The first-order valence-electron chi connectivity index (χ1n) is 7.91. The summed E-state index contributed by atoms with van der Waals surface area (Å²) in [6.45, 7) is 0.470. The minimum Gasteiger partial charge on any atom is -0.276 e. The molecule has 8 heteroatoms. The predicted octanol–water partition coefficient (Wildman–Crippen LogP) is 4.03. The number of fused-ring (bicyclic) bond motifs is 1. The van der Waals surface area contributed by atoms with E-state index in [0.29, 0.717) is 17.4 Å². The lowest BCUT2D eigenvalue weighted by atomic mass is 10.1. The van der Waals surface area contributed by atoms with Crippen molar-refractivity contribution in [3.63, 3.8) is 0 Å². The van der Waals surface area contributed by atoms with Crippen molar-refractivity contribution >= 4 is 20.7 Å². The summed E-state index contributed by atoms with van der Waals surface area (Å²) in [5, 5.41) is 11.0. The Morgan fingerprint density at radius 1 is 1.12 bits per heavy atom. The van der Waals surface area contributed by atoms with Crippen LogP contribution in [0.25, 0.3) is 21.3 Å². The van der Waals surface area contributed by atoms with E-state index in [2.05, 4.69) is 20.2 Å². The zero-order valence-corrected chi connectivity index (χ0v) is 14.3. The van der Waals surface area contributed by atoms with E-state index in [-0.39, 0.29) is 9.92 Å². The molecule has 0 saturated heterocycles. The molecular weight excluding hydrogens is 338 g/mol. The highest BCUT2D eigenvalue weighted by atomic mass is 32.2. The van der Waals surface area contributed by atoms with Gasteiger partial charge in [0.25, 0.3) is 0 Å². The molecule has 0 unspecified atom stereocenters. The van der Waals surface area contributed by atoms with Crippen molar-refractivity contribution < 1.29 is 8.42 Å². The van der Waals surface area contributed by atoms with E-state index in [1.165, 1.54) is 0 Å². The highest BCUT2D eigenvalue weighted by molar-refractivity contribution is 7.91. The van der Waals surface area contributed by atoms with Crippen molar-refractivity contribution in [1.82, 2.24) is 10.2 Å². The molecular formula is C17H17N5O2S. The third kappa shape index (κ3) is 3.65. The van der Waals surface area contributed by atoms with Crippen LogP contribution in [0.4, 0.5) is 0 Å². The molecule has 0 amide bonds. The largest absolute Gasteiger partial charge is 0.276 e. The Balaban J connectivity index is 1.90. The topological polar surface area (TPSA) is 112 Å². The molecule has 0 fully saturated rings. The Morgan fingerprint density at radius 2 is 1.92 bits per heavy atom. The average Bonchev–Trinajstić information content (AvgIpc) is 3.06. The molecule has 0 aliphatic carbocycles. The second-order valence-corrected chi connectivity index (χ2v) is 7.50. The maximum atomic E-state index is 12.8. The van der Waals surface area contributed by atoms with Crippen molar-refractivity contribution in [2.45, 2.75) is 29.2 Å². The maximum absolute atomic E-state index is 12.8. The maximum Gasteiger partial charge on any atom is 0.226 e. The zero-order chi connectivity index (χ0) is 17.7. The molecule has 0 aliphatic rings. The molecule has 7 nitrogen and oxygen atoms in total. The molecule has 0 aliphatic heterocycles. The fourth-order valence-corrected chi connectivity index (χ4v) is 4.03. The van der Waals surface area contributed by atoms with Gasteiger partial charge in [-0.3, -0.25) is 5.10 Å². The number of aromatic nitrogens is 2. The van der Waals surface area contributed by atoms with Gasteiger partial charge >= 0.3 is 0 Å². The number of rotatable bonds is 7. The van der Waals surface area contributed by atoms with E-state index in [1.54, 1.807) is 30.3 Å². The van der Waals surface area contributed by atoms with Gasteiger partial charge in [0.05, 0.1) is 10.4 Å². The number of aryl methyl sites for hydroxylation is 1. The molecule has 2 aromatic carbocycles. The highest BCUT2D eigenvalue weighted by Gasteiger charge is 2.23. The van der Waals surface area contributed by atoms with Crippen molar-refractivity contribution in [3.05, 3.63) is 64.5 Å². The standard InChI is InChI=1S/C17H17N5O2S/c18-22-19-11-5-4-6-13-9-10-16-15(12-13)17(21-20-16)25(23,24)14-7-2-1-3-8-14/h1-3,7-10,12H,4-6,11H2,(H,20,21). The molecule has 0 spiro atoms. The third-order valence-electron chi connectivity index (χ3n) is 3.94. The van der Waals surface area contributed by atoms with Crippen LogP contribution < -0.4 is 0 Å². The number of benzene rings is 2. The molecule has 3 aromatic rings. The van der Waals surface area contributed by atoms with Gasteiger partial charge < -0.3 is 0 Å². The van der Waals surface area contributed by atoms with Gasteiger partial charge in [0.1, 0.15) is 0 Å². The highest BCUT2D eigenvalue weighted by Crippen LogP contribution is 2.27. The number of hydrogen-bond donors (Lipinski definition) is 1. The smallest absolute Gasteiger partial charge is 0.226 e. The third-order valence-corrected chi connectivity index (χ3v) is 5.65. The first kappa shape index (κ1) is 17.0. The van der Waals surface area contributed by atoms with Gasteiger partial charge in [0.2, 0.25) is 9.84 Å². The first-order chi connectivity index (χ1) is 12.1. The molecule has 3 rings (SSSR count). The summed E-state index contributed by atoms with van der Waals surface area (Å²) in [6, 6.07) is 13.9. The van der Waals surface area contributed by atoms with Crippen molar-refractivity contribution in [2.75, 3.05) is 6.54 Å². The zero-order valence-electron chi connectivity index (χ0n) is 13.5. The number of hydrogen-bond acceptors (Lipinski definition) is 4. The predicted molar refractivity (Wildman–Crippen MR) is 94.9 cm³/mol. The molecule has 0 bridgehead atoms. The van der Waals surface area contributed by atoms with Crippen LogP contribution in [0.15, 0.2) is 63.6 Å². The van der Waals surface area contributed by atoms with Gasteiger partial charge in [-0.2, -0.15) is 5.10 Å². The normalized spacial score (nSPS) is 11.4. The van der Waals surface area contributed by atoms with Crippen molar-refractivity contribution in [3.8, 4) is 0 Å². The molecule has 25 heavy (non-hydrogen) atoms. The molecule has 0 atom stereocenters. The average molecular weight is 355 g/mol. The van der Waals surface area contributed by atoms with Crippen LogP contribution >= 0.6 is 0 Å². The minimum atomic E-state index is -3.67. The van der Waals surface area contributed by atoms with Gasteiger partial charge in [0, 0.05) is 16.8 Å². The fraction of sp³-hybridized carbons (Fsp3) is 0.235. The summed E-state index contributed by atoms with van der Waals surface area (Å²) >= 11 is 0. The Hall–Kier alpha value is -2.83. The van der Waals surface area contributed by atoms with Gasteiger partial charge in [-0.05, 0) is 54.6 Å². The number of azide groups is 1. The van der Waals surface area contributed by atoms with Crippen LogP contribution in [0.1, 0.15) is 18.4 Å². The lowest BCUT2D eigenvalue weighted by molar-refractivity contribution is 0.593. The van der Waals surface area contributed by atoms with E-state index in [1.807, 2.05) is 18.2 Å². The Kier molecular flexibility index (Phi) is 5.02. The van der Waals surface area contributed by atoms with E-state index in [4.69, 9.17) is 5.53 Å². The minimum absolute atomic E-state index is 0.0460. The van der Waals surface area contributed by atoms with Crippen LogP contribution in [0.2, 0.25) is 0 Å². The molecule has 0 saturated carbocycles. The van der Waals surface area contributed by atoms with Crippen LogP contribution in [0, 0.1) is 0 Å². The number of nitrogens with one attached hydrogen (secondary N) is 1. The number of aromatic amines is 1. The summed E-state index contributed by atoms with van der Waals surface area (Å²) in [4.78, 5) is 2.95. The number of nitrogens with zero attached hydrogens (tertiary/aromatic N) is 4. The lowest BCUT2D eigenvalue weighted by Gasteiger charge is -2.03. The van der Waals surface area contributed by atoms with Crippen LogP contribution in [-0.4, -0.2) is 25.2 Å². The lowest BCUT2D eigenvalue weighted by Crippen LogP contribution is -2.03. The second kappa shape index (κ2) is 7.38. The van der Waals surface area contributed by atoms with E-state index in [9.17, 15) is 8.42 Å². The fourth-order valence-electron chi connectivity index (χ4n) is 2.67. The summed E-state index contributed by atoms with van der Waals surface area (Å²) in [5.74, 6) is 0.